The molecule has 0 aromatic rings. The first kappa shape index (κ1) is 9.44. The maximum Gasteiger partial charge on any atom is 0.122 e. The smallest absolute Gasteiger partial charge is 0.122 e. The second kappa shape index (κ2) is 3.95. The van der Waals surface area contributed by atoms with Crippen molar-refractivity contribution in [2.75, 3.05) is 0 Å². The average molecular weight is 186 g/mol. The zero-order chi connectivity index (χ0) is 9.26. The fourth-order valence-electron chi connectivity index (χ4n) is 1.98. The lowest BCUT2D eigenvalue weighted by atomic mass is 10.0. The Morgan fingerprint density at radius 2 is 1.31 bits per heavy atom. The number of hydrogen-bond donors (Lipinski definition) is 0. The Labute approximate surface area is 79.3 Å². The van der Waals surface area contributed by atoms with Crippen LogP contribution >= 0.6 is 0 Å². The molecule has 13 heavy (non-hydrogen) atoms. The third kappa shape index (κ3) is 1.87. The van der Waals surface area contributed by atoms with Crippen molar-refractivity contribution in [1.82, 2.24) is 0 Å². The highest BCUT2D eigenvalue weighted by molar-refractivity contribution is 4.97. The number of ether oxygens (including phenoxy) is 1. The summed E-state index contributed by atoms with van der Waals surface area (Å²) < 4.78 is 5.56. The minimum atomic E-state index is 0.183. The monoisotopic (exact) mass is 186 g/mol. The Kier molecular flexibility index (Phi) is 2.86. The van der Waals surface area contributed by atoms with Gasteiger partial charge in [0.15, 0.2) is 0 Å². The normalized spacial score (nSPS) is 42.9. The van der Waals surface area contributed by atoms with Gasteiger partial charge in [-0.15, -0.1) is 0 Å². The van der Waals surface area contributed by atoms with Gasteiger partial charge in [-0.3, -0.25) is 0 Å². The van der Waals surface area contributed by atoms with Crippen molar-refractivity contribution in [3.8, 4) is 0 Å². The predicted octanol–water partition coefficient (Wildman–Crippen LogP) is 2.05. The highest BCUT2D eigenvalue weighted by atomic mass is 17.2. The molecule has 3 nitrogen and oxygen atoms in total. The molecule has 76 valence electrons. The largest absolute Gasteiger partial charge is 0.364 e. The molecule has 0 saturated carbocycles. The van der Waals surface area contributed by atoms with Gasteiger partial charge in [0.2, 0.25) is 0 Å². The lowest BCUT2D eigenvalue weighted by Gasteiger charge is -2.23. The van der Waals surface area contributed by atoms with Gasteiger partial charge >= 0.3 is 0 Å². The van der Waals surface area contributed by atoms with Gasteiger partial charge in [-0.2, -0.15) is 0 Å². The maximum absolute atomic E-state index is 5.56. The maximum atomic E-state index is 5.56. The van der Waals surface area contributed by atoms with Gasteiger partial charge in [0.25, 0.3) is 0 Å². The third-order valence-electron chi connectivity index (χ3n) is 2.74. The van der Waals surface area contributed by atoms with Crippen molar-refractivity contribution in [2.45, 2.75) is 63.9 Å². The molecule has 4 atom stereocenters. The van der Waals surface area contributed by atoms with E-state index in [2.05, 4.69) is 13.8 Å². The van der Waals surface area contributed by atoms with Crippen LogP contribution in [0.15, 0.2) is 0 Å². The Bertz CT molecular complexity index is 154. The number of fused-ring (bicyclic) bond motifs is 1. The topological polar surface area (TPSA) is 31.0 Å². The Morgan fingerprint density at radius 1 is 0.846 bits per heavy atom. The third-order valence-corrected chi connectivity index (χ3v) is 2.74. The van der Waals surface area contributed by atoms with Crippen molar-refractivity contribution < 1.29 is 14.5 Å². The van der Waals surface area contributed by atoms with Crippen molar-refractivity contribution in [2.24, 2.45) is 0 Å². The first-order valence-electron chi connectivity index (χ1n) is 5.34. The summed E-state index contributed by atoms with van der Waals surface area (Å²) in [5.74, 6) is 0. The van der Waals surface area contributed by atoms with Crippen molar-refractivity contribution in [1.29, 1.82) is 0 Å². The number of rotatable bonds is 4. The molecule has 0 radical (unpaired) electrons. The molecule has 2 fully saturated rings. The van der Waals surface area contributed by atoms with E-state index in [9.17, 15) is 0 Å². The molecule has 0 spiro atoms. The minimum absolute atomic E-state index is 0.183. The van der Waals surface area contributed by atoms with E-state index in [1.54, 1.807) is 0 Å². The number of epoxide rings is 1. The fraction of sp³-hybridized carbons (Fsp3) is 1.00. The second-order valence-corrected chi connectivity index (χ2v) is 3.91. The summed E-state index contributed by atoms with van der Waals surface area (Å²) in [4.78, 5) is 10.6. The van der Waals surface area contributed by atoms with E-state index in [1.165, 1.54) is 0 Å². The summed E-state index contributed by atoms with van der Waals surface area (Å²) in [6, 6.07) is 0. The zero-order valence-electron chi connectivity index (χ0n) is 8.36. The first-order chi connectivity index (χ1) is 6.36. The zero-order valence-corrected chi connectivity index (χ0v) is 8.36. The molecular weight excluding hydrogens is 168 g/mol. The summed E-state index contributed by atoms with van der Waals surface area (Å²) in [5.41, 5.74) is 0. The van der Waals surface area contributed by atoms with Gasteiger partial charge in [0.1, 0.15) is 24.4 Å². The molecule has 2 aliphatic heterocycles. The standard InChI is InChI=1S/C10H18O3/c1-3-5-7-9-10(11-9)8(6-4-2)13-12-7/h7-10H,3-6H2,1-2H3/t7-,8+,9+,10-. The Balaban J connectivity index is 1.81. The van der Waals surface area contributed by atoms with Crippen molar-refractivity contribution in [3.05, 3.63) is 0 Å². The summed E-state index contributed by atoms with van der Waals surface area (Å²) >= 11 is 0. The fourth-order valence-corrected chi connectivity index (χ4v) is 1.98. The molecule has 0 amide bonds. The second-order valence-electron chi connectivity index (χ2n) is 3.91. The van der Waals surface area contributed by atoms with E-state index in [0.29, 0.717) is 12.2 Å². The van der Waals surface area contributed by atoms with Crippen LogP contribution in [0.2, 0.25) is 0 Å². The minimum Gasteiger partial charge on any atom is -0.364 e. The molecule has 2 aliphatic rings. The summed E-state index contributed by atoms with van der Waals surface area (Å²) in [6.45, 7) is 4.30. The molecular formula is C10H18O3. The highest BCUT2D eigenvalue weighted by Gasteiger charge is 2.54. The lowest BCUT2D eigenvalue weighted by molar-refractivity contribution is -0.365. The molecule has 0 aliphatic carbocycles. The molecule has 0 aromatic heterocycles. The molecule has 0 aromatic carbocycles. The van der Waals surface area contributed by atoms with E-state index < -0.39 is 0 Å². The van der Waals surface area contributed by atoms with E-state index >= 15 is 0 Å². The quantitative estimate of drug-likeness (QED) is 0.497. The summed E-state index contributed by atoms with van der Waals surface area (Å²) in [6.07, 6.45) is 5.35. The molecule has 0 N–H and O–H groups in total. The van der Waals surface area contributed by atoms with Gasteiger partial charge in [0, 0.05) is 0 Å². The lowest BCUT2D eigenvalue weighted by Crippen LogP contribution is -2.35. The van der Waals surface area contributed by atoms with Crippen LogP contribution < -0.4 is 0 Å². The molecule has 2 heterocycles. The summed E-state index contributed by atoms with van der Waals surface area (Å²) in [7, 11) is 0. The SMILES string of the molecule is CCC[C@@H]1OO[C@H](CCC)[C@@H]2O[C@@H]21. The van der Waals surface area contributed by atoms with Crippen LogP contribution in [-0.4, -0.2) is 24.4 Å². The van der Waals surface area contributed by atoms with Gasteiger partial charge in [-0.25, -0.2) is 9.78 Å². The van der Waals surface area contributed by atoms with Gasteiger partial charge in [-0.1, -0.05) is 26.7 Å². The van der Waals surface area contributed by atoms with Gasteiger partial charge in [0.05, 0.1) is 0 Å². The number of hydrogen-bond acceptors (Lipinski definition) is 3. The van der Waals surface area contributed by atoms with Crippen LogP contribution in [0, 0.1) is 0 Å². The van der Waals surface area contributed by atoms with Crippen molar-refractivity contribution in [3.63, 3.8) is 0 Å². The Hall–Kier alpha value is -0.120. The van der Waals surface area contributed by atoms with Crippen LogP contribution in [-0.2, 0) is 14.5 Å². The molecule has 0 unspecified atom stereocenters. The molecule has 0 bridgehead atoms. The highest BCUT2D eigenvalue weighted by Crippen LogP contribution is 2.39. The average Bonchev–Trinajstić information content (AvgIpc) is 2.89. The van der Waals surface area contributed by atoms with Gasteiger partial charge < -0.3 is 4.74 Å². The Morgan fingerprint density at radius 3 is 1.69 bits per heavy atom. The van der Waals surface area contributed by atoms with Crippen LogP contribution in [0.5, 0.6) is 0 Å². The first-order valence-corrected chi connectivity index (χ1v) is 5.34. The van der Waals surface area contributed by atoms with Crippen LogP contribution in [0.25, 0.3) is 0 Å². The van der Waals surface area contributed by atoms with Crippen LogP contribution in [0.3, 0.4) is 0 Å². The van der Waals surface area contributed by atoms with E-state index in [4.69, 9.17) is 14.5 Å². The van der Waals surface area contributed by atoms with Crippen LogP contribution in [0.1, 0.15) is 39.5 Å². The van der Waals surface area contributed by atoms with E-state index in [0.717, 1.165) is 25.7 Å². The van der Waals surface area contributed by atoms with E-state index in [1.807, 2.05) is 0 Å². The van der Waals surface area contributed by atoms with Gasteiger partial charge in [-0.05, 0) is 12.8 Å². The summed E-state index contributed by atoms with van der Waals surface area (Å²) in [5, 5.41) is 0. The molecule has 2 rings (SSSR count). The molecule has 2 saturated heterocycles. The van der Waals surface area contributed by atoms with Crippen molar-refractivity contribution >= 4 is 0 Å². The van der Waals surface area contributed by atoms with E-state index in [-0.39, 0.29) is 12.2 Å². The predicted molar refractivity (Wildman–Crippen MR) is 48.2 cm³/mol. The molecule has 3 heteroatoms. The van der Waals surface area contributed by atoms with Crippen LogP contribution in [0.4, 0.5) is 0 Å².